The highest BCUT2D eigenvalue weighted by Crippen LogP contribution is 2.11. The number of carbonyl (C=O) groups is 1. The van der Waals surface area contributed by atoms with Crippen LogP contribution in [0.1, 0.15) is 40.0 Å². The normalized spacial score (nSPS) is 17.1. The summed E-state index contributed by atoms with van der Waals surface area (Å²) < 4.78 is 4.95. The molecule has 0 aromatic rings. The van der Waals surface area contributed by atoms with E-state index in [1.807, 2.05) is 0 Å². The molecular weight excluding hydrogens is 194 g/mol. The minimum atomic E-state index is -0.982. The molecule has 0 aliphatic rings. The number of ether oxygens (including phenoxy) is 1. The Labute approximate surface area is 92.0 Å². The predicted octanol–water partition coefficient (Wildman–Crippen LogP) is 1.64. The second kappa shape index (κ2) is 6.80. The molecule has 0 aromatic carbocycles. The molecular formula is C11H23NO3. The zero-order valence-electron chi connectivity index (χ0n) is 10.2. The quantitative estimate of drug-likeness (QED) is 0.649. The monoisotopic (exact) mass is 217 g/mol. The number of hydrogen-bond acceptors (Lipinski definition) is 3. The molecule has 0 saturated carbocycles. The number of carboxylic acids is 1. The Morgan fingerprint density at radius 2 is 2.13 bits per heavy atom. The first kappa shape index (κ1) is 14.4. The summed E-state index contributed by atoms with van der Waals surface area (Å²) in [5.74, 6) is -0.862. The van der Waals surface area contributed by atoms with Crippen LogP contribution in [0, 0.1) is 0 Å². The first-order chi connectivity index (χ1) is 7.00. The summed E-state index contributed by atoms with van der Waals surface area (Å²) in [4.78, 5) is 11.1. The predicted molar refractivity (Wildman–Crippen MR) is 60.0 cm³/mol. The molecule has 2 N–H and O–H groups in total. The topological polar surface area (TPSA) is 58.6 Å². The van der Waals surface area contributed by atoms with Gasteiger partial charge in [0.2, 0.25) is 0 Å². The van der Waals surface area contributed by atoms with Crippen LogP contribution in [0.25, 0.3) is 0 Å². The summed E-state index contributed by atoms with van der Waals surface area (Å²) in [6.07, 6.45) is 2.97. The fourth-order valence-electron chi connectivity index (χ4n) is 1.63. The number of aliphatic carboxylic acids is 1. The van der Waals surface area contributed by atoms with Gasteiger partial charge >= 0.3 is 5.97 Å². The van der Waals surface area contributed by atoms with Crippen molar-refractivity contribution >= 4 is 5.97 Å². The molecule has 2 atom stereocenters. The van der Waals surface area contributed by atoms with Gasteiger partial charge in [-0.25, -0.2) is 0 Å². The van der Waals surface area contributed by atoms with Crippen LogP contribution in [0.5, 0.6) is 0 Å². The second-order valence-electron chi connectivity index (χ2n) is 4.11. The first-order valence-electron chi connectivity index (χ1n) is 5.50. The maximum atomic E-state index is 11.1. The highest BCUT2D eigenvalue weighted by Gasteiger charge is 2.34. The van der Waals surface area contributed by atoms with E-state index in [0.717, 1.165) is 19.3 Å². The van der Waals surface area contributed by atoms with Gasteiger partial charge < -0.3 is 9.84 Å². The molecule has 2 unspecified atom stereocenters. The summed E-state index contributed by atoms with van der Waals surface area (Å²) in [5.41, 5.74) is -0.982. The maximum Gasteiger partial charge on any atom is 0.326 e. The molecule has 0 rings (SSSR count). The third-order valence-corrected chi connectivity index (χ3v) is 2.56. The number of carboxylic acid groups (broad SMARTS) is 1. The molecule has 0 aromatic heterocycles. The molecule has 0 amide bonds. The molecule has 4 nitrogen and oxygen atoms in total. The van der Waals surface area contributed by atoms with Gasteiger partial charge in [0.25, 0.3) is 0 Å². The standard InChI is InChI=1S/C11H23NO3/c1-5-7-9(6-2)12-11(3,8-15-4)10(13)14/h9,12H,5-8H2,1-4H3,(H,13,14). The van der Waals surface area contributed by atoms with Crippen LogP contribution in [0.2, 0.25) is 0 Å². The van der Waals surface area contributed by atoms with Crippen molar-refractivity contribution in [1.82, 2.24) is 5.32 Å². The van der Waals surface area contributed by atoms with Crippen molar-refractivity contribution < 1.29 is 14.6 Å². The van der Waals surface area contributed by atoms with Gasteiger partial charge in [-0.2, -0.15) is 0 Å². The van der Waals surface area contributed by atoms with E-state index < -0.39 is 11.5 Å². The average Bonchev–Trinajstić information content (AvgIpc) is 2.17. The van der Waals surface area contributed by atoms with Gasteiger partial charge in [-0.05, 0) is 19.8 Å². The van der Waals surface area contributed by atoms with E-state index in [4.69, 9.17) is 9.84 Å². The van der Waals surface area contributed by atoms with E-state index in [9.17, 15) is 4.79 Å². The van der Waals surface area contributed by atoms with Gasteiger partial charge in [0.15, 0.2) is 0 Å². The third kappa shape index (κ3) is 4.62. The Kier molecular flexibility index (Phi) is 6.52. The van der Waals surface area contributed by atoms with Crippen molar-refractivity contribution in [3.05, 3.63) is 0 Å². The van der Waals surface area contributed by atoms with Crippen LogP contribution in [0.4, 0.5) is 0 Å². The van der Waals surface area contributed by atoms with Crippen LogP contribution in [-0.4, -0.2) is 36.4 Å². The summed E-state index contributed by atoms with van der Waals surface area (Å²) in [7, 11) is 1.52. The number of hydrogen-bond donors (Lipinski definition) is 2. The lowest BCUT2D eigenvalue weighted by molar-refractivity contribution is -0.146. The van der Waals surface area contributed by atoms with E-state index in [1.54, 1.807) is 6.92 Å². The van der Waals surface area contributed by atoms with E-state index in [2.05, 4.69) is 19.2 Å². The highest BCUT2D eigenvalue weighted by molar-refractivity contribution is 5.78. The van der Waals surface area contributed by atoms with Crippen LogP contribution in [0.15, 0.2) is 0 Å². The van der Waals surface area contributed by atoms with Gasteiger partial charge in [0.1, 0.15) is 5.54 Å². The van der Waals surface area contributed by atoms with Gasteiger partial charge in [-0.3, -0.25) is 10.1 Å². The smallest absolute Gasteiger partial charge is 0.326 e. The van der Waals surface area contributed by atoms with E-state index in [0.29, 0.717) is 0 Å². The molecule has 4 heteroatoms. The summed E-state index contributed by atoms with van der Waals surface area (Å²) >= 11 is 0. The molecule has 0 fully saturated rings. The van der Waals surface area contributed by atoms with Crippen molar-refractivity contribution in [3.63, 3.8) is 0 Å². The lowest BCUT2D eigenvalue weighted by Gasteiger charge is -2.30. The van der Waals surface area contributed by atoms with Crippen molar-refractivity contribution in [2.24, 2.45) is 0 Å². The minimum Gasteiger partial charge on any atom is -0.480 e. The van der Waals surface area contributed by atoms with Gasteiger partial charge in [0, 0.05) is 13.2 Å². The Morgan fingerprint density at radius 3 is 2.47 bits per heavy atom. The summed E-state index contributed by atoms with van der Waals surface area (Å²) in [5, 5.41) is 12.3. The molecule has 15 heavy (non-hydrogen) atoms. The third-order valence-electron chi connectivity index (χ3n) is 2.56. The molecule has 0 heterocycles. The lowest BCUT2D eigenvalue weighted by atomic mass is 9.99. The SMILES string of the molecule is CCCC(CC)NC(C)(COC)C(=O)O. The second-order valence-corrected chi connectivity index (χ2v) is 4.11. The van der Waals surface area contributed by atoms with E-state index in [-0.39, 0.29) is 12.6 Å². The number of methoxy groups -OCH3 is 1. The van der Waals surface area contributed by atoms with Crippen molar-refractivity contribution in [2.45, 2.75) is 51.6 Å². The molecule has 0 spiro atoms. The maximum absolute atomic E-state index is 11.1. The van der Waals surface area contributed by atoms with Crippen LogP contribution in [-0.2, 0) is 9.53 Å². The first-order valence-corrected chi connectivity index (χ1v) is 5.50. The fourth-order valence-corrected chi connectivity index (χ4v) is 1.63. The van der Waals surface area contributed by atoms with Crippen LogP contribution in [0.3, 0.4) is 0 Å². The van der Waals surface area contributed by atoms with Crippen LogP contribution >= 0.6 is 0 Å². The molecule has 0 radical (unpaired) electrons. The number of rotatable bonds is 8. The molecule has 0 bridgehead atoms. The fraction of sp³-hybridized carbons (Fsp3) is 0.909. The number of nitrogens with one attached hydrogen (secondary N) is 1. The van der Waals surface area contributed by atoms with E-state index >= 15 is 0 Å². The lowest BCUT2D eigenvalue weighted by Crippen LogP contribution is -2.56. The molecule has 0 aliphatic carbocycles. The van der Waals surface area contributed by atoms with Crippen molar-refractivity contribution in [2.75, 3.05) is 13.7 Å². The van der Waals surface area contributed by atoms with Gasteiger partial charge in [-0.15, -0.1) is 0 Å². The largest absolute Gasteiger partial charge is 0.480 e. The Morgan fingerprint density at radius 1 is 1.53 bits per heavy atom. The Balaban J connectivity index is 4.43. The highest BCUT2D eigenvalue weighted by atomic mass is 16.5. The van der Waals surface area contributed by atoms with Gasteiger partial charge in [0.05, 0.1) is 6.61 Å². The van der Waals surface area contributed by atoms with Crippen molar-refractivity contribution in [3.8, 4) is 0 Å². The Hall–Kier alpha value is -0.610. The summed E-state index contributed by atoms with van der Waals surface area (Å²) in [6, 6.07) is 0.242. The molecule has 0 saturated heterocycles. The average molecular weight is 217 g/mol. The minimum absolute atomic E-state index is 0.183. The summed E-state index contributed by atoms with van der Waals surface area (Å²) in [6.45, 7) is 6.00. The zero-order chi connectivity index (χ0) is 11.9. The zero-order valence-corrected chi connectivity index (χ0v) is 10.2. The molecule has 0 aliphatic heterocycles. The van der Waals surface area contributed by atoms with Gasteiger partial charge in [-0.1, -0.05) is 20.3 Å². The van der Waals surface area contributed by atoms with Crippen molar-refractivity contribution in [1.29, 1.82) is 0 Å². The Bertz CT molecular complexity index is 196. The van der Waals surface area contributed by atoms with E-state index in [1.165, 1.54) is 7.11 Å². The molecule has 90 valence electrons. The van der Waals surface area contributed by atoms with Crippen LogP contribution < -0.4 is 5.32 Å².